The van der Waals surface area contributed by atoms with E-state index in [1.807, 2.05) is 32.9 Å². The Balaban J connectivity index is 1.21. The first-order valence-corrected chi connectivity index (χ1v) is 33.5. The molecule has 25 nitrogen and oxygen atoms in total. The van der Waals surface area contributed by atoms with Gasteiger partial charge in [0.15, 0.2) is 12.0 Å². The van der Waals surface area contributed by atoms with Crippen molar-refractivity contribution in [1.29, 1.82) is 0 Å². The van der Waals surface area contributed by atoms with Crippen LogP contribution in [0.2, 0.25) is 5.02 Å². The number of likely N-dealkylation sites (N-methyl/N-ethyl adjacent to an activating group) is 1. The number of nitrogens with one attached hydrogen (secondary N) is 5. The minimum Gasteiger partial charge on any atom is -0.495 e. The first-order valence-electron chi connectivity index (χ1n) is 30.9. The van der Waals surface area contributed by atoms with Crippen LogP contribution in [0, 0.1) is 11.8 Å². The first kappa shape index (κ1) is 75.6. The number of methoxy groups -OCH3 is 2. The number of ether oxygens (including phenoxy) is 6. The number of hydrogen-bond donors (Lipinski definition) is 8. The fraction of sp³-hybridized carbons (Fsp3) is 0.585. The third-order valence-electron chi connectivity index (χ3n) is 17.3. The Bertz CT molecular complexity index is 3260. The van der Waals surface area contributed by atoms with Gasteiger partial charge in [-0.3, -0.25) is 29.5 Å². The maximum atomic E-state index is 14.7. The summed E-state index contributed by atoms with van der Waals surface area (Å²) in [4.78, 5) is 115. The summed E-state index contributed by atoms with van der Waals surface area (Å²) in [5.41, 5.74) is 2.86. The summed E-state index contributed by atoms with van der Waals surface area (Å²) in [5, 5.41) is 38.7. The van der Waals surface area contributed by atoms with E-state index < -0.39 is 119 Å². The molecule has 512 valence electrons. The SMILES string of the molecule is COc1cc2cc(c1Cl)N(C)C(O)C[C@H](OC(=O)[C@H](C)N(C)C(=O)c1ccc(NC(=O)[C@H](CCCNC(N)=O)NC(=O)[C@@H](NC(=O)CCCCC(C)(C)OC(C=O)(CBr)CBr)C(C)C)c3ncccc13)[C@]1(C)O[C@H]1[C@H](C)[C@@H]1C[C@@](O)(NC(=O)O1)[C@H](OC)/C=C/C=C(\C)C2. The number of hydrogen-bond acceptors (Lipinski definition) is 18. The Kier molecular flexibility index (Phi) is 26.6. The number of aliphatic hydroxyl groups is 2. The molecule has 2 fully saturated rings. The van der Waals surface area contributed by atoms with Gasteiger partial charge in [0.05, 0.1) is 35.7 Å². The molecule has 3 aliphatic heterocycles. The van der Waals surface area contributed by atoms with Crippen molar-refractivity contribution in [1.82, 2.24) is 31.2 Å². The minimum absolute atomic E-state index is 0.0205. The molecule has 0 radical (unpaired) electrons. The van der Waals surface area contributed by atoms with E-state index in [0.29, 0.717) is 47.8 Å². The molecule has 3 aromatic rings. The molecule has 6 rings (SSSR count). The van der Waals surface area contributed by atoms with E-state index in [0.717, 1.165) is 17.4 Å². The van der Waals surface area contributed by atoms with Gasteiger partial charge in [0, 0.05) is 80.7 Å². The van der Waals surface area contributed by atoms with Crippen molar-refractivity contribution in [2.45, 2.75) is 184 Å². The molecule has 9 N–H and O–H groups in total. The standard InChI is InChI=1S/C65H90Br2ClN9O16/c1-36(2)53(74-50(79)22-13-14-25-62(6,7)93-64(33-66,34-67)35-78)57(82)73-44(20-17-27-71-60(69)85)56(81)72-43-24-23-42(41-19-16-26-70-54(41)43)58(83)76(9)39(5)59(84)91-49-31-51(80)77(10)45-29-40(30-46(88-11)52(45)68)28-37(3)18-15-21-48(89-12)65(87)32-47(90-61(86)75-65)38(4)55-63(49,8)92-55/h15-16,18-19,21,23-24,26,29-30,35-36,38-39,44,47-49,51,53,55,80,87H,13-14,17,20,22,25,27-28,31-34H2,1-12H3,(H,72,81)(H,73,82)(H,74,79)(H,75,86)(H3,69,71,85)/b21-15+,37-18+/t38-,39+,44+,47+,48-,49+,51?,53+,55+,63+,65+/m1/s1. The highest BCUT2D eigenvalue weighted by Gasteiger charge is 2.64. The molecule has 11 atom stereocenters. The number of rotatable bonds is 26. The molecule has 7 amide bonds. The number of aliphatic hydroxyl groups excluding tert-OH is 1. The second-order valence-electron chi connectivity index (χ2n) is 25.3. The maximum Gasteiger partial charge on any atom is 0.409 e. The molecular weight excluding hydrogens is 1360 g/mol. The van der Waals surface area contributed by atoms with Gasteiger partial charge in [-0.15, -0.1) is 0 Å². The van der Waals surface area contributed by atoms with Gasteiger partial charge in [-0.2, -0.15) is 0 Å². The number of epoxide rings is 1. The van der Waals surface area contributed by atoms with E-state index in [2.05, 4.69) is 63.4 Å². The van der Waals surface area contributed by atoms with Gasteiger partial charge in [-0.05, 0) is 109 Å². The van der Waals surface area contributed by atoms with Crippen LogP contribution in [0.3, 0.4) is 0 Å². The van der Waals surface area contributed by atoms with Crippen LogP contribution in [0.5, 0.6) is 5.75 Å². The molecule has 1 unspecified atom stereocenters. The van der Waals surface area contributed by atoms with Crippen molar-refractivity contribution in [2.24, 2.45) is 17.6 Å². The number of pyridine rings is 1. The fourth-order valence-corrected chi connectivity index (χ4v) is 13.4. The zero-order chi connectivity index (χ0) is 68.9. The number of amides is 7. The molecule has 3 aliphatic rings. The number of halogens is 3. The molecule has 4 bridgehead atoms. The molecule has 1 aromatic heterocycles. The number of primary amides is 1. The minimum atomic E-state index is -1.91. The van der Waals surface area contributed by atoms with Gasteiger partial charge >= 0.3 is 18.1 Å². The molecule has 4 heterocycles. The van der Waals surface area contributed by atoms with Crippen molar-refractivity contribution in [3.8, 4) is 5.75 Å². The summed E-state index contributed by atoms with van der Waals surface area (Å²) in [6.45, 7) is 14.2. The van der Waals surface area contributed by atoms with Gasteiger partial charge < -0.3 is 80.2 Å². The zero-order valence-corrected chi connectivity index (χ0v) is 58.7. The Hall–Kier alpha value is -6.46. The number of esters is 1. The van der Waals surface area contributed by atoms with Crippen LogP contribution in [0.1, 0.15) is 123 Å². The monoisotopic (exact) mass is 1450 g/mol. The summed E-state index contributed by atoms with van der Waals surface area (Å²) < 4.78 is 36.1. The van der Waals surface area contributed by atoms with Gasteiger partial charge in [0.2, 0.25) is 17.7 Å². The smallest absolute Gasteiger partial charge is 0.409 e. The number of benzene rings is 2. The lowest BCUT2D eigenvalue weighted by molar-refractivity contribution is -0.158. The van der Waals surface area contributed by atoms with Crippen LogP contribution in [0.25, 0.3) is 10.9 Å². The average molecular weight is 1450 g/mol. The number of nitrogens with zero attached hydrogens (tertiary/aromatic N) is 3. The largest absolute Gasteiger partial charge is 0.495 e. The number of unbranched alkanes of at least 4 members (excludes halogenated alkanes) is 1. The highest BCUT2D eigenvalue weighted by molar-refractivity contribution is 9.10. The molecule has 0 aliphatic carbocycles. The number of anilines is 2. The molecule has 2 saturated heterocycles. The number of urea groups is 1. The van der Waals surface area contributed by atoms with Gasteiger partial charge in [-0.1, -0.05) is 101 Å². The Morgan fingerprint density at radius 1 is 1.05 bits per heavy atom. The summed E-state index contributed by atoms with van der Waals surface area (Å²) in [7, 11) is 5.93. The molecule has 0 spiro atoms. The highest BCUT2D eigenvalue weighted by Crippen LogP contribution is 2.50. The quantitative estimate of drug-likeness (QED) is 0.0129. The number of allylic oxidation sites excluding steroid dienone is 3. The summed E-state index contributed by atoms with van der Waals surface area (Å²) in [5.74, 6) is -3.90. The Labute approximate surface area is 564 Å². The zero-order valence-electron chi connectivity index (χ0n) is 54.8. The van der Waals surface area contributed by atoms with Crippen molar-refractivity contribution >= 4 is 114 Å². The van der Waals surface area contributed by atoms with E-state index >= 15 is 0 Å². The number of nitrogens with two attached hydrogens (primary N) is 1. The second-order valence-corrected chi connectivity index (χ2v) is 26.8. The molecule has 0 saturated carbocycles. The fourth-order valence-electron chi connectivity index (χ4n) is 11.6. The van der Waals surface area contributed by atoms with E-state index in [4.69, 9.17) is 45.8 Å². The van der Waals surface area contributed by atoms with E-state index in [9.17, 15) is 48.6 Å². The summed E-state index contributed by atoms with van der Waals surface area (Å²) >= 11 is 13.6. The Morgan fingerprint density at radius 2 is 1.76 bits per heavy atom. The highest BCUT2D eigenvalue weighted by atomic mass is 79.9. The molecule has 28 heteroatoms. The van der Waals surface area contributed by atoms with Crippen LogP contribution in [0.15, 0.2) is 66.4 Å². The summed E-state index contributed by atoms with van der Waals surface area (Å²) in [6, 6.07) is 5.41. The number of aldehydes is 1. The van der Waals surface area contributed by atoms with Crippen molar-refractivity contribution in [3.63, 3.8) is 0 Å². The van der Waals surface area contributed by atoms with Gasteiger partial charge in [-0.25, -0.2) is 14.4 Å². The third kappa shape index (κ3) is 19.2. The van der Waals surface area contributed by atoms with Crippen molar-refractivity contribution < 1.29 is 77.0 Å². The van der Waals surface area contributed by atoms with E-state index in [1.165, 1.54) is 56.3 Å². The maximum absolute atomic E-state index is 14.7. The molecular formula is C65H90Br2ClN9O16. The third-order valence-corrected chi connectivity index (χ3v) is 19.6. The lowest BCUT2D eigenvalue weighted by Gasteiger charge is -2.42. The van der Waals surface area contributed by atoms with Crippen LogP contribution in [-0.4, -0.2) is 185 Å². The van der Waals surface area contributed by atoms with Crippen LogP contribution < -0.4 is 42.0 Å². The second kappa shape index (κ2) is 32.8. The van der Waals surface area contributed by atoms with Crippen LogP contribution >= 0.6 is 43.5 Å². The number of alkyl carbamates (subject to hydrolysis) is 1. The number of fused-ring (bicyclic) bond motifs is 6. The molecule has 2 aromatic carbocycles. The number of carbonyl (C=O) groups is 8. The predicted molar refractivity (Wildman–Crippen MR) is 357 cm³/mol. The normalized spacial score (nSPS) is 24.5. The molecule has 93 heavy (non-hydrogen) atoms. The average Bonchev–Trinajstić information content (AvgIpc) is 1.60. The Morgan fingerprint density at radius 3 is 2.41 bits per heavy atom. The van der Waals surface area contributed by atoms with Gasteiger partial charge in [0.1, 0.15) is 64.6 Å². The van der Waals surface area contributed by atoms with Crippen LogP contribution in [-0.2, 0) is 54.1 Å². The van der Waals surface area contributed by atoms with Crippen molar-refractivity contribution in [3.05, 3.63) is 82.5 Å². The van der Waals surface area contributed by atoms with E-state index in [1.54, 1.807) is 65.1 Å². The lowest BCUT2D eigenvalue weighted by atomic mass is 9.83. The lowest BCUT2D eigenvalue weighted by Crippen LogP contribution is -2.63. The predicted octanol–water partition coefficient (Wildman–Crippen LogP) is 7.26. The summed E-state index contributed by atoms with van der Waals surface area (Å²) in [6.07, 6.45) is 3.15. The first-order chi connectivity index (χ1) is 43.8. The number of carbonyl (C=O) groups excluding carboxylic acids is 8. The number of alkyl halides is 2. The van der Waals surface area contributed by atoms with E-state index in [-0.39, 0.29) is 71.7 Å². The van der Waals surface area contributed by atoms with Gasteiger partial charge in [0.25, 0.3) is 5.91 Å². The number of aromatic nitrogens is 1. The topological polar surface area (TPSA) is 341 Å². The van der Waals surface area contributed by atoms with Crippen molar-refractivity contribution in [2.75, 3.05) is 55.7 Å². The van der Waals surface area contributed by atoms with Crippen LogP contribution in [0.4, 0.5) is 21.0 Å².